The minimum absolute atomic E-state index is 0.725. The summed E-state index contributed by atoms with van der Waals surface area (Å²) in [5.41, 5.74) is 5.28. The molecule has 4 N–H and O–H groups in total. The maximum atomic E-state index is 10.6. The Morgan fingerprint density at radius 3 is 1.94 bits per heavy atom. The predicted octanol–water partition coefficient (Wildman–Crippen LogP) is 1.78. The van der Waals surface area contributed by atoms with Gasteiger partial charge in [0.15, 0.2) is 0 Å². The molecule has 0 aliphatic heterocycles. The summed E-state index contributed by atoms with van der Waals surface area (Å²) in [6, 6.07) is 0. The third-order valence-electron chi connectivity index (χ3n) is 1.58. The average Bonchev–Trinajstić information content (AvgIpc) is 2.22. The largest absolute Gasteiger partial charge is 0.490 e. The SMILES string of the molecule is NCCCCC/C=C/C(=O)O.O=C(O)C(F)(F)F. The molecule has 18 heavy (non-hydrogen) atoms. The maximum absolute atomic E-state index is 10.6. The van der Waals surface area contributed by atoms with Crippen LogP contribution in [0.5, 0.6) is 0 Å². The Morgan fingerprint density at radius 1 is 1.11 bits per heavy atom. The van der Waals surface area contributed by atoms with Gasteiger partial charge in [0.1, 0.15) is 0 Å². The van der Waals surface area contributed by atoms with Gasteiger partial charge in [-0.1, -0.05) is 12.5 Å². The summed E-state index contributed by atoms with van der Waals surface area (Å²) < 4.78 is 31.7. The van der Waals surface area contributed by atoms with Crippen LogP contribution in [0.25, 0.3) is 0 Å². The number of alkyl halides is 3. The van der Waals surface area contributed by atoms with Crippen LogP contribution in [0, 0.1) is 0 Å². The Morgan fingerprint density at radius 2 is 1.61 bits per heavy atom. The molecule has 0 spiro atoms. The van der Waals surface area contributed by atoms with Gasteiger partial charge < -0.3 is 15.9 Å². The smallest absolute Gasteiger partial charge is 0.478 e. The highest BCUT2D eigenvalue weighted by molar-refractivity contribution is 5.79. The number of allylic oxidation sites excluding steroid dienone is 1. The molecule has 0 bridgehead atoms. The minimum Gasteiger partial charge on any atom is -0.478 e. The zero-order valence-corrected chi connectivity index (χ0v) is 9.61. The van der Waals surface area contributed by atoms with Gasteiger partial charge in [0.25, 0.3) is 0 Å². The molecule has 0 aliphatic carbocycles. The van der Waals surface area contributed by atoms with Gasteiger partial charge in [-0.2, -0.15) is 13.2 Å². The molecule has 0 heterocycles. The standard InChI is InChI=1S/C8H15NO2.C2HF3O2/c9-7-5-3-1-2-4-6-8(10)11;3-2(4,5)1(6)7/h4,6H,1-3,5,7,9H2,(H,10,11);(H,6,7)/b6-4+;. The fourth-order valence-electron chi connectivity index (χ4n) is 0.767. The lowest BCUT2D eigenvalue weighted by atomic mass is 10.2. The summed E-state index contributed by atoms with van der Waals surface area (Å²) in [6.07, 6.45) is 1.76. The third kappa shape index (κ3) is 16.8. The average molecular weight is 271 g/mol. The lowest BCUT2D eigenvalue weighted by molar-refractivity contribution is -0.192. The molecule has 0 aromatic heterocycles. The van der Waals surface area contributed by atoms with E-state index in [-0.39, 0.29) is 0 Å². The van der Waals surface area contributed by atoms with E-state index < -0.39 is 18.1 Å². The van der Waals surface area contributed by atoms with Gasteiger partial charge >= 0.3 is 18.1 Å². The molecule has 0 saturated heterocycles. The molecule has 0 radical (unpaired) electrons. The first-order valence-electron chi connectivity index (χ1n) is 5.11. The van der Waals surface area contributed by atoms with Crippen LogP contribution in [-0.4, -0.2) is 34.9 Å². The molecule has 0 amide bonds. The molecule has 8 heteroatoms. The molecule has 0 aromatic rings. The van der Waals surface area contributed by atoms with Crippen molar-refractivity contribution >= 4 is 11.9 Å². The number of carbonyl (C=O) groups is 2. The molecule has 0 atom stereocenters. The molecule has 0 aliphatic rings. The second-order valence-corrected chi connectivity index (χ2v) is 3.18. The van der Waals surface area contributed by atoms with Crippen molar-refractivity contribution in [1.29, 1.82) is 0 Å². The zero-order chi connectivity index (χ0) is 14.6. The van der Waals surface area contributed by atoms with E-state index >= 15 is 0 Å². The van der Waals surface area contributed by atoms with Gasteiger partial charge in [-0.3, -0.25) is 0 Å². The number of aliphatic carboxylic acids is 2. The summed E-state index contributed by atoms with van der Waals surface area (Å²) in [6.45, 7) is 0.725. The molecule has 0 aromatic carbocycles. The Balaban J connectivity index is 0. The van der Waals surface area contributed by atoms with Crippen molar-refractivity contribution in [2.75, 3.05) is 6.54 Å². The van der Waals surface area contributed by atoms with E-state index in [1.807, 2.05) is 0 Å². The van der Waals surface area contributed by atoms with Crippen molar-refractivity contribution < 1.29 is 33.0 Å². The van der Waals surface area contributed by atoms with E-state index in [4.69, 9.17) is 20.7 Å². The lowest BCUT2D eigenvalue weighted by Gasteiger charge is -1.93. The monoisotopic (exact) mass is 271 g/mol. The first kappa shape index (κ1) is 18.8. The number of unbranched alkanes of at least 4 members (excludes halogenated alkanes) is 3. The number of carboxylic acids is 2. The normalized spacial score (nSPS) is 10.9. The quantitative estimate of drug-likeness (QED) is 0.505. The van der Waals surface area contributed by atoms with Crippen molar-refractivity contribution in [1.82, 2.24) is 0 Å². The Kier molecular flexibility index (Phi) is 11.0. The Labute approximate surface area is 102 Å². The van der Waals surface area contributed by atoms with Crippen LogP contribution < -0.4 is 5.73 Å². The number of carboxylic acid groups (broad SMARTS) is 2. The molecule has 106 valence electrons. The fraction of sp³-hybridized carbons (Fsp3) is 0.600. The van der Waals surface area contributed by atoms with Crippen LogP contribution in [0.3, 0.4) is 0 Å². The van der Waals surface area contributed by atoms with Crippen LogP contribution >= 0.6 is 0 Å². The van der Waals surface area contributed by atoms with Gasteiger partial charge in [0.05, 0.1) is 0 Å². The highest BCUT2D eigenvalue weighted by Crippen LogP contribution is 2.13. The second-order valence-electron chi connectivity index (χ2n) is 3.18. The fourth-order valence-corrected chi connectivity index (χ4v) is 0.767. The van der Waals surface area contributed by atoms with Crippen LogP contribution in [0.1, 0.15) is 25.7 Å². The minimum atomic E-state index is -5.08. The van der Waals surface area contributed by atoms with E-state index in [9.17, 15) is 18.0 Å². The van der Waals surface area contributed by atoms with Gasteiger partial charge in [-0.25, -0.2) is 9.59 Å². The maximum Gasteiger partial charge on any atom is 0.490 e. The molecule has 5 nitrogen and oxygen atoms in total. The Bertz CT molecular complexity index is 277. The van der Waals surface area contributed by atoms with Gasteiger partial charge in [0.2, 0.25) is 0 Å². The van der Waals surface area contributed by atoms with E-state index in [0.29, 0.717) is 0 Å². The van der Waals surface area contributed by atoms with Crippen molar-refractivity contribution in [3.63, 3.8) is 0 Å². The summed E-state index contributed by atoms with van der Waals surface area (Å²) in [5, 5.41) is 15.3. The summed E-state index contributed by atoms with van der Waals surface area (Å²) in [7, 11) is 0. The molecule has 0 saturated carbocycles. The molecule has 0 fully saturated rings. The van der Waals surface area contributed by atoms with Crippen LogP contribution in [-0.2, 0) is 9.59 Å². The van der Waals surface area contributed by atoms with E-state index in [1.54, 1.807) is 6.08 Å². The summed E-state index contributed by atoms with van der Waals surface area (Å²) >= 11 is 0. The Hall–Kier alpha value is -1.57. The number of halogens is 3. The van der Waals surface area contributed by atoms with Crippen molar-refractivity contribution in [2.24, 2.45) is 5.73 Å². The summed E-state index contributed by atoms with van der Waals surface area (Å²) in [5.74, 6) is -3.63. The van der Waals surface area contributed by atoms with E-state index in [2.05, 4.69) is 0 Å². The first-order valence-corrected chi connectivity index (χ1v) is 5.11. The van der Waals surface area contributed by atoms with E-state index in [0.717, 1.165) is 32.2 Å². The molecular formula is C10H16F3NO4. The van der Waals surface area contributed by atoms with Crippen LogP contribution in [0.2, 0.25) is 0 Å². The number of hydrogen-bond donors (Lipinski definition) is 3. The lowest BCUT2D eigenvalue weighted by Crippen LogP contribution is -2.21. The molecular weight excluding hydrogens is 255 g/mol. The van der Waals surface area contributed by atoms with Gasteiger partial charge in [-0.05, 0) is 25.8 Å². The van der Waals surface area contributed by atoms with Gasteiger partial charge in [-0.15, -0.1) is 0 Å². The van der Waals surface area contributed by atoms with E-state index in [1.165, 1.54) is 6.08 Å². The van der Waals surface area contributed by atoms with Gasteiger partial charge in [0, 0.05) is 6.08 Å². The number of hydrogen-bond acceptors (Lipinski definition) is 3. The molecule has 0 rings (SSSR count). The zero-order valence-electron chi connectivity index (χ0n) is 9.61. The van der Waals surface area contributed by atoms with Crippen LogP contribution in [0.15, 0.2) is 12.2 Å². The van der Waals surface area contributed by atoms with Crippen molar-refractivity contribution in [3.8, 4) is 0 Å². The highest BCUT2D eigenvalue weighted by atomic mass is 19.4. The third-order valence-corrected chi connectivity index (χ3v) is 1.58. The first-order chi connectivity index (χ1) is 8.21. The second kappa shape index (κ2) is 10.6. The topological polar surface area (TPSA) is 101 Å². The summed E-state index contributed by atoms with van der Waals surface area (Å²) in [4.78, 5) is 18.9. The predicted molar refractivity (Wildman–Crippen MR) is 58.0 cm³/mol. The van der Waals surface area contributed by atoms with Crippen LogP contribution in [0.4, 0.5) is 13.2 Å². The molecule has 0 unspecified atom stereocenters. The number of rotatable bonds is 6. The number of nitrogens with two attached hydrogens (primary N) is 1. The van der Waals surface area contributed by atoms with Crippen molar-refractivity contribution in [3.05, 3.63) is 12.2 Å². The highest BCUT2D eigenvalue weighted by Gasteiger charge is 2.38. The van der Waals surface area contributed by atoms with Crippen molar-refractivity contribution in [2.45, 2.75) is 31.9 Å².